The minimum atomic E-state index is -0.772. The summed E-state index contributed by atoms with van der Waals surface area (Å²) in [5, 5.41) is 8.89. The number of nitrogens with zero attached hydrogens (tertiary/aromatic N) is 1. The van der Waals surface area contributed by atoms with Crippen LogP contribution in [0.5, 0.6) is 0 Å². The number of alkyl carbamates (subject to hydrolysis) is 1. The first-order valence-corrected chi connectivity index (χ1v) is 20.9. The van der Waals surface area contributed by atoms with Crippen LogP contribution in [-0.2, 0) is 35.1 Å². The summed E-state index contributed by atoms with van der Waals surface area (Å²) < 4.78 is 5.52. The standard InChI is InChI=1S/C46H68N4O7/c1-29(2)27-36(48-45(56)57-46(8,9)10)25-24-35(28-34-19-14-13-15-20-34)44(55)50-26-18-23-39(50)43(54)49-38(42(53)47-30(3)4)22-17-12-11-16-21-37-33(7)40(51)31(5)32(6)41(37)52/h13-15,19-20,24-25,29-30,35-36,38-39H,11-12,16-18,21-23,26-28H2,1-10H3,(H,47,53)(H,48,56)(H,49,54)/b25-24+/t35-,36-,38+,39+/m1/s1. The lowest BCUT2D eigenvalue weighted by Crippen LogP contribution is -2.54. The van der Waals surface area contributed by atoms with Gasteiger partial charge in [-0.05, 0) is 112 Å². The molecule has 4 atom stereocenters. The Balaban J connectivity index is 1.72. The Labute approximate surface area is 340 Å². The Bertz CT molecular complexity index is 1690. The average Bonchev–Trinajstić information content (AvgIpc) is 3.63. The fraction of sp³-hybridized carbons (Fsp3) is 0.609. The summed E-state index contributed by atoms with van der Waals surface area (Å²) in [6.45, 7) is 18.8. The van der Waals surface area contributed by atoms with Gasteiger partial charge in [0.25, 0.3) is 0 Å². The molecule has 11 nitrogen and oxygen atoms in total. The topological polar surface area (TPSA) is 151 Å². The minimum Gasteiger partial charge on any atom is -0.444 e. The van der Waals surface area contributed by atoms with Crippen molar-refractivity contribution in [2.24, 2.45) is 11.8 Å². The van der Waals surface area contributed by atoms with Crippen molar-refractivity contribution in [1.82, 2.24) is 20.9 Å². The average molecular weight is 789 g/mol. The van der Waals surface area contributed by atoms with Gasteiger partial charge in [-0.1, -0.05) is 75.6 Å². The van der Waals surface area contributed by atoms with Gasteiger partial charge in [0.15, 0.2) is 11.6 Å². The van der Waals surface area contributed by atoms with E-state index < -0.39 is 29.7 Å². The Morgan fingerprint density at radius 3 is 2.12 bits per heavy atom. The molecule has 0 unspecified atom stereocenters. The fourth-order valence-electron chi connectivity index (χ4n) is 7.42. The first-order chi connectivity index (χ1) is 26.8. The minimum absolute atomic E-state index is 0.0508. The van der Waals surface area contributed by atoms with Crippen molar-refractivity contribution in [1.29, 1.82) is 0 Å². The van der Waals surface area contributed by atoms with Crippen LogP contribution in [0.2, 0.25) is 0 Å². The van der Waals surface area contributed by atoms with Crippen molar-refractivity contribution in [2.45, 2.75) is 163 Å². The molecule has 0 bridgehead atoms. The third-order valence-electron chi connectivity index (χ3n) is 10.5. The van der Waals surface area contributed by atoms with E-state index in [2.05, 4.69) is 29.8 Å². The van der Waals surface area contributed by atoms with Crippen molar-refractivity contribution >= 4 is 35.4 Å². The molecule has 314 valence electrons. The van der Waals surface area contributed by atoms with Gasteiger partial charge >= 0.3 is 6.09 Å². The number of unbranched alkanes of at least 4 members (excludes halogenated alkanes) is 3. The van der Waals surface area contributed by atoms with E-state index in [9.17, 15) is 28.8 Å². The molecular formula is C46H68N4O7. The van der Waals surface area contributed by atoms with Gasteiger partial charge in [-0.25, -0.2) is 4.79 Å². The number of benzene rings is 1. The van der Waals surface area contributed by atoms with Crippen LogP contribution in [0.25, 0.3) is 0 Å². The monoisotopic (exact) mass is 789 g/mol. The highest BCUT2D eigenvalue weighted by Crippen LogP contribution is 2.28. The molecule has 2 aliphatic rings. The van der Waals surface area contributed by atoms with Crippen molar-refractivity contribution < 1.29 is 33.5 Å². The normalized spacial score (nSPS) is 18.0. The summed E-state index contributed by atoms with van der Waals surface area (Å²) in [6, 6.07) is 7.74. The first kappa shape index (κ1) is 46.8. The van der Waals surface area contributed by atoms with E-state index in [0.717, 1.165) is 24.8 Å². The van der Waals surface area contributed by atoms with Gasteiger partial charge in [-0.15, -0.1) is 0 Å². The van der Waals surface area contributed by atoms with Crippen molar-refractivity contribution in [2.75, 3.05) is 6.54 Å². The molecule has 3 rings (SSSR count). The molecule has 1 aromatic rings. The summed E-state index contributed by atoms with van der Waals surface area (Å²) in [6.07, 6.45) is 9.34. The molecule has 1 fully saturated rings. The van der Waals surface area contributed by atoms with Crippen LogP contribution in [0.15, 0.2) is 64.8 Å². The number of ketones is 2. The van der Waals surface area contributed by atoms with Gasteiger partial charge in [0.1, 0.15) is 17.7 Å². The molecule has 4 amide bonds. The van der Waals surface area contributed by atoms with Crippen LogP contribution in [0.3, 0.4) is 0 Å². The van der Waals surface area contributed by atoms with E-state index in [0.29, 0.717) is 73.8 Å². The van der Waals surface area contributed by atoms with Crippen molar-refractivity contribution in [3.05, 3.63) is 70.3 Å². The van der Waals surface area contributed by atoms with E-state index >= 15 is 0 Å². The Morgan fingerprint density at radius 1 is 0.842 bits per heavy atom. The zero-order chi connectivity index (χ0) is 42.4. The Kier molecular flexibility index (Phi) is 17.9. The van der Waals surface area contributed by atoms with Crippen LogP contribution in [0, 0.1) is 11.8 Å². The molecule has 57 heavy (non-hydrogen) atoms. The number of hydrogen-bond acceptors (Lipinski definition) is 7. The molecule has 1 aliphatic heterocycles. The summed E-state index contributed by atoms with van der Waals surface area (Å²) in [7, 11) is 0. The highest BCUT2D eigenvalue weighted by atomic mass is 16.6. The molecule has 0 saturated carbocycles. The van der Waals surface area contributed by atoms with E-state index in [1.807, 2.05) is 77.1 Å². The molecule has 3 N–H and O–H groups in total. The number of allylic oxidation sites excluding steroid dienone is 4. The number of rotatable bonds is 19. The second-order valence-corrected chi connectivity index (χ2v) is 17.4. The largest absolute Gasteiger partial charge is 0.444 e. The van der Waals surface area contributed by atoms with Gasteiger partial charge in [0.05, 0.1) is 12.0 Å². The van der Waals surface area contributed by atoms with Gasteiger partial charge in [-0.2, -0.15) is 0 Å². The first-order valence-electron chi connectivity index (χ1n) is 20.9. The quantitative estimate of drug-likeness (QED) is 0.0747. The van der Waals surface area contributed by atoms with Crippen LogP contribution in [0.4, 0.5) is 4.79 Å². The molecular weight excluding hydrogens is 721 g/mol. The molecule has 1 aliphatic carbocycles. The number of ether oxygens (including phenoxy) is 1. The summed E-state index contributed by atoms with van der Waals surface area (Å²) >= 11 is 0. The molecule has 1 aromatic carbocycles. The summed E-state index contributed by atoms with van der Waals surface area (Å²) in [5.41, 5.74) is 2.47. The second kappa shape index (κ2) is 21.8. The van der Waals surface area contributed by atoms with Crippen molar-refractivity contribution in [3.8, 4) is 0 Å². The second-order valence-electron chi connectivity index (χ2n) is 17.4. The van der Waals surface area contributed by atoms with Crippen LogP contribution < -0.4 is 16.0 Å². The maximum absolute atomic E-state index is 14.4. The lowest BCUT2D eigenvalue weighted by Gasteiger charge is -2.29. The predicted molar refractivity (Wildman–Crippen MR) is 224 cm³/mol. The zero-order valence-corrected chi connectivity index (χ0v) is 36.1. The molecule has 1 saturated heterocycles. The fourth-order valence-corrected chi connectivity index (χ4v) is 7.42. The van der Waals surface area contributed by atoms with Gasteiger partial charge < -0.3 is 25.6 Å². The maximum atomic E-state index is 14.4. The predicted octanol–water partition coefficient (Wildman–Crippen LogP) is 7.49. The summed E-state index contributed by atoms with van der Waals surface area (Å²) in [5.74, 6) is -1.24. The number of amides is 4. The molecule has 0 spiro atoms. The van der Waals surface area contributed by atoms with Crippen molar-refractivity contribution in [3.63, 3.8) is 0 Å². The number of carbonyl (C=O) groups excluding carboxylic acids is 6. The third kappa shape index (κ3) is 14.7. The van der Waals surface area contributed by atoms with Crippen LogP contribution in [0.1, 0.15) is 133 Å². The highest BCUT2D eigenvalue weighted by Gasteiger charge is 2.38. The maximum Gasteiger partial charge on any atom is 0.408 e. The van der Waals surface area contributed by atoms with E-state index in [-0.39, 0.29) is 47.3 Å². The van der Waals surface area contributed by atoms with Gasteiger partial charge in [0, 0.05) is 34.9 Å². The highest BCUT2D eigenvalue weighted by molar-refractivity contribution is 6.24. The Hall–Kier alpha value is -4.54. The Morgan fingerprint density at radius 2 is 1.49 bits per heavy atom. The van der Waals surface area contributed by atoms with Gasteiger partial charge in [-0.3, -0.25) is 24.0 Å². The molecule has 1 heterocycles. The number of nitrogens with one attached hydrogen (secondary N) is 3. The molecule has 0 radical (unpaired) electrons. The molecule has 0 aromatic heterocycles. The number of likely N-dealkylation sites (tertiary alicyclic amines) is 1. The van der Waals surface area contributed by atoms with E-state index in [1.54, 1.807) is 25.7 Å². The van der Waals surface area contributed by atoms with E-state index in [1.165, 1.54) is 0 Å². The zero-order valence-electron chi connectivity index (χ0n) is 36.1. The van der Waals surface area contributed by atoms with Crippen LogP contribution >= 0.6 is 0 Å². The smallest absolute Gasteiger partial charge is 0.408 e. The van der Waals surface area contributed by atoms with Crippen LogP contribution in [-0.4, -0.2) is 76.6 Å². The lowest BCUT2D eigenvalue weighted by atomic mass is 9.84. The van der Waals surface area contributed by atoms with E-state index in [4.69, 9.17) is 4.74 Å². The lowest BCUT2D eigenvalue weighted by molar-refractivity contribution is -0.141. The number of Topliss-reactive ketones (excluding diaryl/α,β-unsaturated/α-hetero) is 2. The third-order valence-corrected chi connectivity index (χ3v) is 10.5. The molecule has 11 heteroatoms. The number of hydrogen-bond donors (Lipinski definition) is 3. The number of carbonyl (C=O) groups is 6. The SMILES string of the molecule is CC1=C(C)C(=O)C(CCCCCC[C@H](NC(=O)[C@@H]2CCCN2C(=O)[C@H](/C=C/[C@H](CC(C)C)NC(=O)OC(C)(C)C)Cc2ccccc2)C(=O)NC(C)C)=C(C)C1=O. The summed E-state index contributed by atoms with van der Waals surface area (Å²) in [4.78, 5) is 81.5. The van der Waals surface area contributed by atoms with Gasteiger partial charge in [0.2, 0.25) is 17.7 Å².